The Morgan fingerprint density at radius 1 is 1.56 bits per heavy atom. The molecule has 0 saturated heterocycles. The smallest absolute Gasteiger partial charge is 0.124 e. The number of benzene rings is 1. The van der Waals surface area contributed by atoms with Gasteiger partial charge in [-0.2, -0.15) is 0 Å². The molecule has 1 atom stereocenters. The van der Waals surface area contributed by atoms with Gasteiger partial charge in [-0.3, -0.25) is 0 Å². The maximum Gasteiger partial charge on any atom is 0.124 e. The van der Waals surface area contributed by atoms with Crippen molar-refractivity contribution in [2.45, 2.75) is 24.7 Å². The van der Waals surface area contributed by atoms with E-state index in [9.17, 15) is 0 Å². The Hall–Kier alpha value is -1.47. The Labute approximate surface area is 115 Å². The minimum Gasteiger partial charge on any atom is -0.497 e. The third-order valence-corrected chi connectivity index (χ3v) is 3.93. The number of ether oxygens (including phenoxy) is 1. The summed E-state index contributed by atoms with van der Waals surface area (Å²) in [5.74, 6) is 4.46. The van der Waals surface area contributed by atoms with Crippen molar-refractivity contribution in [2.24, 2.45) is 0 Å². The molecule has 18 heavy (non-hydrogen) atoms. The molecule has 1 aromatic heterocycles. The number of fused-ring (bicyclic) bond motifs is 1. The lowest BCUT2D eigenvalue weighted by molar-refractivity contribution is 0.415. The highest BCUT2D eigenvalue weighted by molar-refractivity contribution is 9.09. The highest BCUT2D eigenvalue weighted by atomic mass is 79.9. The van der Waals surface area contributed by atoms with Gasteiger partial charge < -0.3 is 9.30 Å². The van der Waals surface area contributed by atoms with Crippen LogP contribution in [-0.4, -0.2) is 16.7 Å². The van der Waals surface area contributed by atoms with Crippen LogP contribution < -0.4 is 4.74 Å². The normalized spacial score (nSPS) is 12.3. The summed E-state index contributed by atoms with van der Waals surface area (Å²) in [6.45, 7) is 2.64. The molecule has 0 N–H and O–H groups in total. The van der Waals surface area contributed by atoms with Crippen LogP contribution in [0.4, 0.5) is 0 Å². The molecule has 1 heterocycles. The molecule has 4 heteroatoms. The molecule has 2 rings (SSSR count). The zero-order chi connectivity index (χ0) is 13.1. The Morgan fingerprint density at radius 2 is 2.33 bits per heavy atom. The summed E-state index contributed by atoms with van der Waals surface area (Å²) in [7, 11) is 1.65. The second kappa shape index (κ2) is 5.45. The van der Waals surface area contributed by atoms with Crippen LogP contribution >= 0.6 is 15.9 Å². The Kier molecular flexibility index (Phi) is 3.93. The van der Waals surface area contributed by atoms with Crippen LogP contribution in [0.2, 0.25) is 0 Å². The minimum atomic E-state index is 0.212. The second-order valence-corrected chi connectivity index (χ2v) is 5.10. The molecule has 1 aromatic carbocycles. The molecule has 0 radical (unpaired) electrons. The van der Waals surface area contributed by atoms with Crippen molar-refractivity contribution >= 4 is 27.0 Å². The average Bonchev–Trinajstić information content (AvgIpc) is 2.76. The van der Waals surface area contributed by atoms with E-state index in [0.29, 0.717) is 6.54 Å². The van der Waals surface area contributed by atoms with Gasteiger partial charge in [0.05, 0.1) is 29.5 Å². The summed E-state index contributed by atoms with van der Waals surface area (Å²) in [5, 5.41) is 0. The summed E-state index contributed by atoms with van der Waals surface area (Å²) in [4.78, 5) is 4.86. The van der Waals surface area contributed by atoms with Crippen LogP contribution in [0.25, 0.3) is 11.0 Å². The van der Waals surface area contributed by atoms with Crippen molar-refractivity contribution < 1.29 is 4.74 Å². The van der Waals surface area contributed by atoms with Gasteiger partial charge in [0.25, 0.3) is 0 Å². The number of imidazole rings is 1. The lowest BCUT2D eigenvalue weighted by Crippen LogP contribution is -2.04. The lowest BCUT2D eigenvalue weighted by atomic mass is 10.3. The summed E-state index contributed by atoms with van der Waals surface area (Å²) in [5.41, 5.74) is 1.96. The predicted molar refractivity (Wildman–Crippen MR) is 77.1 cm³/mol. The van der Waals surface area contributed by atoms with Crippen molar-refractivity contribution in [3.05, 3.63) is 24.0 Å². The minimum absolute atomic E-state index is 0.212. The van der Waals surface area contributed by atoms with Crippen molar-refractivity contribution in [3.63, 3.8) is 0 Å². The van der Waals surface area contributed by atoms with Crippen molar-refractivity contribution in [2.75, 3.05) is 7.11 Å². The maximum absolute atomic E-state index is 5.44. The van der Waals surface area contributed by atoms with E-state index in [1.54, 1.807) is 7.11 Å². The van der Waals surface area contributed by atoms with Gasteiger partial charge >= 0.3 is 0 Å². The quantitative estimate of drug-likeness (QED) is 0.638. The van der Waals surface area contributed by atoms with Gasteiger partial charge in [-0.15, -0.1) is 6.42 Å². The predicted octanol–water partition coefficient (Wildman–Crippen LogP) is 3.52. The van der Waals surface area contributed by atoms with E-state index >= 15 is 0 Å². The number of terminal acetylenes is 1. The molecular formula is C14H15BrN2O. The zero-order valence-corrected chi connectivity index (χ0v) is 12.1. The van der Waals surface area contributed by atoms with Crippen LogP contribution in [-0.2, 0) is 6.54 Å². The summed E-state index contributed by atoms with van der Waals surface area (Å²) < 4.78 is 7.28. The van der Waals surface area contributed by atoms with E-state index in [1.165, 1.54) is 0 Å². The van der Waals surface area contributed by atoms with E-state index in [-0.39, 0.29) is 4.83 Å². The van der Waals surface area contributed by atoms with E-state index in [2.05, 4.69) is 38.3 Å². The monoisotopic (exact) mass is 306 g/mol. The number of nitrogens with zero attached hydrogens (tertiary/aromatic N) is 2. The largest absolute Gasteiger partial charge is 0.497 e. The van der Waals surface area contributed by atoms with Gasteiger partial charge in [0.15, 0.2) is 0 Å². The molecule has 0 amide bonds. The first kappa shape index (κ1) is 13.0. The van der Waals surface area contributed by atoms with Crippen molar-refractivity contribution in [1.29, 1.82) is 0 Å². The third-order valence-electron chi connectivity index (χ3n) is 2.87. The van der Waals surface area contributed by atoms with Gasteiger partial charge in [-0.05, 0) is 18.6 Å². The Bertz CT molecular complexity index is 598. The van der Waals surface area contributed by atoms with Gasteiger partial charge in [0.2, 0.25) is 0 Å². The molecule has 3 nitrogen and oxygen atoms in total. The van der Waals surface area contributed by atoms with Gasteiger partial charge in [-0.25, -0.2) is 4.98 Å². The summed E-state index contributed by atoms with van der Waals surface area (Å²) in [6, 6.07) is 5.86. The molecule has 0 aliphatic heterocycles. The zero-order valence-electron chi connectivity index (χ0n) is 10.5. The van der Waals surface area contributed by atoms with Gasteiger partial charge in [0.1, 0.15) is 11.6 Å². The maximum atomic E-state index is 5.44. The van der Waals surface area contributed by atoms with Crippen LogP contribution in [0, 0.1) is 12.3 Å². The average molecular weight is 307 g/mol. The number of halogens is 1. The van der Waals surface area contributed by atoms with E-state index in [4.69, 9.17) is 11.2 Å². The number of methoxy groups -OCH3 is 1. The standard InChI is InChI=1S/C14H15BrN2O/c1-4-8-17-13-7-6-10(18-3)9-12(13)16-14(17)11(15)5-2/h1,6-7,9,11H,5,8H2,2-3H3. The number of hydrogen-bond donors (Lipinski definition) is 0. The molecule has 0 spiro atoms. The SMILES string of the molecule is C#CCn1c(C(Br)CC)nc2cc(OC)ccc21. The molecule has 0 fully saturated rings. The Morgan fingerprint density at radius 3 is 2.94 bits per heavy atom. The van der Waals surface area contributed by atoms with E-state index < -0.39 is 0 Å². The summed E-state index contributed by atoms with van der Waals surface area (Å²) >= 11 is 3.64. The fourth-order valence-electron chi connectivity index (χ4n) is 1.93. The van der Waals surface area contributed by atoms with Crippen LogP contribution in [0.1, 0.15) is 24.0 Å². The molecule has 0 bridgehead atoms. The van der Waals surface area contributed by atoms with Crippen LogP contribution in [0.3, 0.4) is 0 Å². The van der Waals surface area contributed by atoms with Crippen LogP contribution in [0.5, 0.6) is 5.75 Å². The number of alkyl halides is 1. The molecule has 0 saturated carbocycles. The third kappa shape index (κ3) is 2.23. The molecule has 2 aromatic rings. The van der Waals surface area contributed by atoms with Crippen molar-refractivity contribution in [1.82, 2.24) is 9.55 Å². The highest BCUT2D eigenvalue weighted by Gasteiger charge is 2.16. The molecule has 1 unspecified atom stereocenters. The number of rotatable bonds is 4. The molecule has 0 aliphatic carbocycles. The van der Waals surface area contributed by atoms with E-state index in [1.807, 2.05) is 18.2 Å². The van der Waals surface area contributed by atoms with Crippen LogP contribution in [0.15, 0.2) is 18.2 Å². The summed E-state index contributed by atoms with van der Waals surface area (Å²) in [6.07, 6.45) is 6.40. The second-order valence-electron chi connectivity index (χ2n) is 3.99. The molecule has 0 aliphatic rings. The topological polar surface area (TPSA) is 27.1 Å². The van der Waals surface area contributed by atoms with Gasteiger partial charge in [0, 0.05) is 6.07 Å². The molecule has 94 valence electrons. The first-order valence-corrected chi connectivity index (χ1v) is 6.74. The van der Waals surface area contributed by atoms with E-state index in [0.717, 1.165) is 29.0 Å². The number of hydrogen-bond acceptors (Lipinski definition) is 2. The van der Waals surface area contributed by atoms with Gasteiger partial charge in [-0.1, -0.05) is 28.8 Å². The fraction of sp³-hybridized carbons (Fsp3) is 0.357. The first-order valence-electron chi connectivity index (χ1n) is 5.83. The highest BCUT2D eigenvalue weighted by Crippen LogP contribution is 2.30. The first-order chi connectivity index (χ1) is 8.71. The fourth-order valence-corrected chi connectivity index (χ4v) is 2.28. The van der Waals surface area contributed by atoms with Crippen molar-refractivity contribution in [3.8, 4) is 18.1 Å². The Balaban J connectivity index is 2.63. The molecular weight excluding hydrogens is 292 g/mol. The lowest BCUT2D eigenvalue weighted by Gasteiger charge is -2.09. The number of aromatic nitrogens is 2.